The molecule has 0 radical (unpaired) electrons. The van der Waals surface area contributed by atoms with E-state index in [0.29, 0.717) is 19.6 Å². The molecule has 1 rings (SSSR count). The fraction of sp³-hybridized carbons (Fsp3) is 0.556. The minimum atomic E-state index is -0.0477. The molecule has 0 spiro atoms. The molecular weight excluding hydrogens is 290 g/mol. The van der Waals surface area contributed by atoms with Crippen molar-refractivity contribution in [2.75, 3.05) is 39.8 Å². The highest BCUT2D eigenvalue weighted by molar-refractivity contribution is 5.81. The predicted molar refractivity (Wildman–Crippen MR) is 93.3 cm³/mol. The lowest BCUT2D eigenvalue weighted by Crippen LogP contribution is -2.42. The van der Waals surface area contributed by atoms with E-state index in [-0.39, 0.29) is 24.9 Å². The molecule has 0 unspecified atom stereocenters. The quantitative estimate of drug-likeness (QED) is 0.750. The maximum Gasteiger partial charge on any atom is 0.236 e. The molecule has 0 saturated heterocycles. The summed E-state index contributed by atoms with van der Waals surface area (Å²) in [6.07, 6.45) is 0.820. The molecule has 128 valence electrons. The summed E-state index contributed by atoms with van der Waals surface area (Å²) in [5.41, 5.74) is 2.49. The molecule has 0 aliphatic rings. The van der Waals surface area contributed by atoms with E-state index in [2.05, 4.69) is 24.4 Å². The summed E-state index contributed by atoms with van der Waals surface area (Å²) in [6, 6.07) is 8.18. The molecule has 1 aromatic carbocycles. The molecule has 2 amide bonds. The van der Waals surface area contributed by atoms with E-state index in [1.54, 1.807) is 16.8 Å². The standard InChI is InChI=1S/C18H29N3O2/c1-5-21(6-2)18(23)14-20(4)13-17(22)19-12-11-16-10-8-7-9-15(16)3/h7-10H,5-6,11-14H2,1-4H3,(H,19,22). The highest BCUT2D eigenvalue weighted by Gasteiger charge is 2.14. The molecule has 0 saturated carbocycles. The molecule has 1 aromatic rings. The zero-order chi connectivity index (χ0) is 17.2. The van der Waals surface area contributed by atoms with Gasteiger partial charge >= 0.3 is 0 Å². The highest BCUT2D eigenvalue weighted by atomic mass is 16.2. The lowest BCUT2D eigenvalue weighted by atomic mass is 10.1. The number of carbonyl (C=O) groups excluding carboxylic acids is 2. The average molecular weight is 319 g/mol. The van der Waals surface area contributed by atoms with Gasteiger partial charge in [-0.05, 0) is 45.4 Å². The first kappa shape index (κ1) is 19.2. The van der Waals surface area contributed by atoms with E-state index >= 15 is 0 Å². The van der Waals surface area contributed by atoms with Crippen LogP contribution in [0.15, 0.2) is 24.3 Å². The Morgan fingerprint density at radius 3 is 2.35 bits per heavy atom. The van der Waals surface area contributed by atoms with E-state index in [1.165, 1.54) is 11.1 Å². The number of hydrogen-bond acceptors (Lipinski definition) is 3. The largest absolute Gasteiger partial charge is 0.355 e. The van der Waals surface area contributed by atoms with Crippen LogP contribution in [-0.4, -0.2) is 61.4 Å². The lowest BCUT2D eigenvalue weighted by Gasteiger charge is -2.22. The van der Waals surface area contributed by atoms with Crippen molar-refractivity contribution >= 4 is 11.8 Å². The van der Waals surface area contributed by atoms with Gasteiger partial charge < -0.3 is 10.2 Å². The number of hydrogen-bond donors (Lipinski definition) is 1. The van der Waals surface area contributed by atoms with Gasteiger partial charge in [-0.15, -0.1) is 0 Å². The molecule has 0 fully saturated rings. The van der Waals surface area contributed by atoms with Gasteiger partial charge in [-0.2, -0.15) is 0 Å². The van der Waals surface area contributed by atoms with Gasteiger partial charge in [-0.1, -0.05) is 24.3 Å². The summed E-state index contributed by atoms with van der Waals surface area (Å²) >= 11 is 0. The Hall–Kier alpha value is -1.88. The fourth-order valence-electron chi connectivity index (χ4n) is 2.49. The first-order chi connectivity index (χ1) is 11.0. The highest BCUT2D eigenvalue weighted by Crippen LogP contribution is 2.06. The smallest absolute Gasteiger partial charge is 0.236 e. The molecule has 0 aliphatic heterocycles. The van der Waals surface area contributed by atoms with E-state index < -0.39 is 0 Å². The van der Waals surface area contributed by atoms with Crippen LogP contribution in [0.5, 0.6) is 0 Å². The number of nitrogens with one attached hydrogen (secondary N) is 1. The van der Waals surface area contributed by atoms with Crippen LogP contribution in [0.25, 0.3) is 0 Å². The fourth-order valence-corrected chi connectivity index (χ4v) is 2.49. The van der Waals surface area contributed by atoms with E-state index in [1.807, 2.05) is 26.0 Å². The van der Waals surface area contributed by atoms with Crippen molar-refractivity contribution in [1.82, 2.24) is 15.1 Å². The van der Waals surface area contributed by atoms with Gasteiger partial charge in [0.2, 0.25) is 11.8 Å². The van der Waals surface area contributed by atoms with Crippen molar-refractivity contribution < 1.29 is 9.59 Å². The van der Waals surface area contributed by atoms with Gasteiger partial charge in [0, 0.05) is 19.6 Å². The molecule has 0 aromatic heterocycles. The van der Waals surface area contributed by atoms with Crippen LogP contribution in [0.3, 0.4) is 0 Å². The van der Waals surface area contributed by atoms with Gasteiger partial charge in [-0.25, -0.2) is 0 Å². The van der Waals surface area contributed by atoms with Crippen LogP contribution in [0, 0.1) is 6.92 Å². The van der Waals surface area contributed by atoms with Crippen molar-refractivity contribution in [3.8, 4) is 0 Å². The van der Waals surface area contributed by atoms with Crippen LogP contribution in [-0.2, 0) is 16.0 Å². The topological polar surface area (TPSA) is 52.7 Å². The third-order valence-electron chi connectivity index (χ3n) is 3.91. The third-order valence-corrected chi connectivity index (χ3v) is 3.91. The summed E-state index contributed by atoms with van der Waals surface area (Å²) < 4.78 is 0. The van der Waals surface area contributed by atoms with Crippen LogP contribution >= 0.6 is 0 Å². The van der Waals surface area contributed by atoms with Crippen molar-refractivity contribution in [3.63, 3.8) is 0 Å². The van der Waals surface area contributed by atoms with Crippen molar-refractivity contribution in [2.24, 2.45) is 0 Å². The van der Waals surface area contributed by atoms with Crippen molar-refractivity contribution in [1.29, 1.82) is 0 Å². The summed E-state index contributed by atoms with van der Waals surface area (Å²) in [7, 11) is 1.79. The molecule has 5 heteroatoms. The van der Waals surface area contributed by atoms with Gasteiger partial charge in [0.1, 0.15) is 0 Å². The number of rotatable bonds is 9. The molecule has 0 bridgehead atoms. The molecule has 0 atom stereocenters. The Morgan fingerprint density at radius 1 is 1.09 bits per heavy atom. The summed E-state index contributed by atoms with van der Waals surface area (Å²) in [4.78, 5) is 27.5. The van der Waals surface area contributed by atoms with Crippen LogP contribution in [0.2, 0.25) is 0 Å². The van der Waals surface area contributed by atoms with E-state index in [9.17, 15) is 9.59 Å². The predicted octanol–water partition coefficient (Wildman–Crippen LogP) is 1.45. The van der Waals surface area contributed by atoms with Gasteiger partial charge in [-0.3, -0.25) is 14.5 Å². The van der Waals surface area contributed by atoms with Crippen LogP contribution in [0.1, 0.15) is 25.0 Å². The average Bonchev–Trinajstić information content (AvgIpc) is 2.50. The Balaban J connectivity index is 2.30. The first-order valence-corrected chi connectivity index (χ1v) is 8.25. The number of benzene rings is 1. The van der Waals surface area contributed by atoms with Crippen LogP contribution in [0.4, 0.5) is 0 Å². The van der Waals surface area contributed by atoms with Gasteiger partial charge in [0.25, 0.3) is 0 Å². The minimum absolute atomic E-state index is 0.0477. The summed E-state index contributed by atoms with van der Waals surface area (Å²) in [5, 5.41) is 2.91. The number of carbonyl (C=O) groups is 2. The Morgan fingerprint density at radius 2 is 1.74 bits per heavy atom. The normalized spacial score (nSPS) is 10.7. The van der Waals surface area contributed by atoms with Crippen LogP contribution < -0.4 is 5.32 Å². The third kappa shape index (κ3) is 6.82. The first-order valence-electron chi connectivity index (χ1n) is 8.25. The molecule has 0 aliphatic carbocycles. The second-order valence-corrected chi connectivity index (χ2v) is 5.76. The molecular formula is C18H29N3O2. The Bertz CT molecular complexity index is 513. The monoisotopic (exact) mass is 319 g/mol. The summed E-state index contributed by atoms with van der Waals surface area (Å²) in [6.45, 7) is 8.51. The van der Waals surface area contributed by atoms with Gasteiger partial charge in [0.15, 0.2) is 0 Å². The SMILES string of the molecule is CCN(CC)C(=O)CN(C)CC(=O)NCCc1ccccc1C. The number of amides is 2. The second kappa shape index (κ2) is 10.0. The van der Waals surface area contributed by atoms with E-state index in [0.717, 1.165) is 6.42 Å². The molecule has 0 heterocycles. The van der Waals surface area contributed by atoms with Crippen molar-refractivity contribution in [3.05, 3.63) is 35.4 Å². The number of likely N-dealkylation sites (N-methyl/N-ethyl adjacent to an activating group) is 2. The number of nitrogens with zero attached hydrogens (tertiary/aromatic N) is 2. The zero-order valence-corrected chi connectivity index (χ0v) is 14.8. The second-order valence-electron chi connectivity index (χ2n) is 5.76. The van der Waals surface area contributed by atoms with Crippen molar-refractivity contribution in [2.45, 2.75) is 27.2 Å². The van der Waals surface area contributed by atoms with Gasteiger partial charge in [0.05, 0.1) is 13.1 Å². The summed E-state index contributed by atoms with van der Waals surface area (Å²) in [5.74, 6) is 0.0126. The number of aryl methyl sites for hydroxylation is 1. The minimum Gasteiger partial charge on any atom is -0.355 e. The molecule has 23 heavy (non-hydrogen) atoms. The maximum absolute atomic E-state index is 12.0. The Kier molecular flexibility index (Phi) is 8.33. The molecule has 1 N–H and O–H groups in total. The zero-order valence-electron chi connectivity index (χ0n) is 14.8. The maximum atomic E-state index is 12.0. The van der Waals surface area contributed by atoms with E-state index in [4.69, 9.17) is 0 Å². The lowest BCUT2D eigenvalue weighted by molar-refractivity contribution is -0.132. The molecule has 5 nitrogen and oxygen atoms in total. The Labute approximate surface area is 139 Å².